The van der Waals surface area contributed by atoms with Gasteiger partial charge in [0.25, 0.3) is 0 Å². The topological polar surface area (TPSA) is 76.4 Å². The Kier molecular flexibility index (Phi) is 2.11. The summed E-state index contributed by atoms with van der Waals surface area (Å²) in [6.45, 7) is 2.16. The largest absolute Gasteiger partial charge is 0.369 e. The Balaban J connectivity index is 2.28. The molecule has 1 rings (SSSR count). The normalized spacial score (nSPS) is 32.0. The van der Waals surface area contributed by atoms with Crippen LogP contribution in [0.15, 0.2) is 4.99 Å². The van der Waals surface area contributed by atoms with Gasteiger partial charge in [0.2, 0.25) is 5.96 Å². The van der Waals surface area contributed by atoms with Crippen molar-refractivity contribution in [1.29, 1.82) is 0 Å². The third-order valence-electron chi connectivity index (χ3n) is 1.86. The molecular formula is C6H14N4. The third-order valence-corrected chi connectivity index (χ3v) is 1.86. The molecule has 5 N–H and O–H groups in total. The molecular weight excluding hydrogens is 128 g/mol. The molecule has 0 spiro atoms. The number of hydrogen-bond donors (Lipinski definition) is 3. The minimum absolute atomic E-state index is 0.348. The maximum Gasteiger partial charge on any atom is 0.203 e. The second-order valence-electron chi connectivity index (χ2n) is 2.63. The average molecular weight is 142 g/mol. The summed E-state index contributed by atoms with van der Waals surface area (Å²) >= 11 is 0. The van der Waals surface area contributed by atoms with Gasteiger partial charge in [-0.1, -0.05) is 13.3 Å². The Bertz CT molecular complexity index is 143. The van der Waals surface area contributed by atoms with Crippen molar-refractivity contribution in [2.45, 2.75) is 25.8 Å². The minimum atomic E-state index is 0.348. The van der Waals surface area contributed by atoms with Gasteiger partial charge in [0.1, 0.15) is 0 Å². The number of nitrogens with zero attached hydrogens (tertiary/aromatic N) is 1. The average Bonchev–Trinajstić information content (AvgIpc) is 2.67. The summed E-state index contributed by atoms with van der Waals surface area (Å²) in [7, 11) is 0. The van der Waals surface area contributed by atoms with Crippen LogP contribution in [-0.2, 0) is 0 Å². The highest BCUT2D eigenvalue weighted by molar-refractivity contribution is 5.77. The van der Waals surface area contributed by atoms with Crippen molar-refractivity contribution in [3.8, 4) is 0 Å². The van der Waals surface area contributed by atoms with Crippen LogP contribution in [0.25, 0.3) is 0 Å². The zero-order valence-electron chi connectivity index (χ0n) is 6.17. The molecule has 1 aliphatic carbocycles. The first-order chi connectivity index (χ1) is 4.77. The molecule has 0 aromatic heterocycles. The maximum atomic E-state index is 5.34. The van der Waals surface area contributed by atoms with Crippen molar-refractivity contribution in [2.24, 2.45) is 22.5 Å². The van der Waals surface area contributed by atoms with Gasteiger partial charge in [0, 0.05) is 0 Å². The molecule has 0 bridgehead atoms. The van der Waals surface area contributed by atoms with Crippen LogP contribution in [0.3, 0.4) is 0 Å². The van der Waals surface area contributed by atoms with Gasteiger partial charge in [0.05, 0.1) is 6.04 Å². The first-order valence-corrected chi connectivity index (χ1v) is 3.57. The highest BCUT2D eigenvalue weighted by atomic mass is 15.3. The van der Waals surface area contributed by atoms with Gasteiger partial charge >= 0.3 is 0 Å². The van der Waals surface area contributed by atoms with Crippen molar-refractivity contribution in [1.82, 2.24) is 5.43 Å². The molecule has 58 valence electrons. The zero-order chi connectivity index (χ0) is 7.56. The van der Waals surface area contributed by atoms with E-state index in [1.54, 1.807) is 0 Å². The van der Waals surface area contributed by atoms with Gasteiger partial charge in [-0.25, -0.2) is 10.8 Å². The van der Waals surface area contributed by atoms with Gasteiger partial charge in [0.15, 0.2) is 0 Å². The first kappa shape index (κ1) is 7.34. The smallest absolute Gasteiger partial charge is 0.203 e. The van der Waals surface area contributed by atoms with E-state index in [0.29, 0.717) is 12.0 Å². The van der Waals surface area contributed by atoms with Gasteiger partial charge in [-0.05, 0) is 12.3 Å². The second-order valence-corrected chi connectivity index (χ2v) is 2.63. The zero-order valence-corrected chi connectivity index (χ0v) is 6.17. The monoisotopic (exact) mass is 142 g/mol. The van der Waals surface area contributed by atoms with Crippen molar-refractivity contribution in [3.05, 3.63) is 0 Å². The van der Waals surface area contributed by atoms with Gasteiger partial charge in [-0.2, -0.15) is 0 Å². The summed E-state index contributed by atoms with van der Waals surface area (Å²) in [5.41, 5.74) is 7.65. The fourth-order valence-corrected chi connectivity index (χ4v) is 1.04. The van der Waals surface area contributed by atoms with Crippen molar-refractivity contribution >= 4 is 5.96 Å². The van der Waals surface area contributed by atoms with Crippen molar-refractivity contribution in [3.63, 3.8) is 0 Å². The van der Waals surface area contributed by atoms with E-state index in [9.17, 15) is 0 Å². The summed E-state index contributed by atoms with van der Waals surface area (Å²) in [6, 6.07) is 0.432. The molecule has 1 saturated carbocycles. The van der Waals surface area contributed by atoms with Crippen LogP contribution < -0.4 is 17.0 Å². The molecule has 0 heterocycles. The quantitative estimate of drug-likeness (QED) is 0.212. The van der Waals surface area contributed by atoms with E-state index in [-0.39, 0.29) is 0 Å². The lowest BCUT2D eigenvalue weighted by molar-refractivity contribution is 0.756. The maximum absolute atomic E-state index is 5.34. The number of guanidine groups is 1. The van der Waals surface area contributed by atoms with Gasteiger partial charge in [-0.15, -0.1) is 0 Å². The SMILES string of the molecule is CCC1CC1N=C(N)NN. The van der Waals surface area contributed by atoms with E-state index in [2.05, 4.69) is 17.3 Å². The molecule has 10 heavy (non-hydrogen) atoms. The molecule has 0 saturated heterocycles. The Morgan fingerprint density at radius 1 is 1.80 bits per heavy atom. The van der Waals surface area contributed by atoms with E-state index in [1.807, 2.05) is 0 Å². The van der Waals surface area contributed by atoms with Crippen LogP contribution in [0, 0.1) is 5.92 Å². The summed E-state index contributed by atoms with van der Waals surface area (Å²) < 4.78 is 0. The van der Waals surface area contributed by atoms with E-state index in [0.717, 1.165) is 5.92 Å². The molecule has 0 aromatic carbocycles. The molecule has 0 aromatic rings. The molecule has 0 radical (unpaired) electrons. The lowest BCUT2D eigenvalue weighted by Gasteiger charge is -1.95. The van der Waals surface area contributed by atoms with E-state index >= 15 is 0 Å². The molecule has 0 aliphatic heterocycles. The predicted molar refractivity (Wildman–Crippen MR) is 41.1 cm³/mol. The molecule has 2 unspecified atom stereocenters. The van der Waals surface area contributed by atoms with Crippen LogP contribution >= 0.6 is 0 Å². The van der Waals surface area contributed by atoms with Crippen LogP contribution in [0.4, 0.5) is 0 Å². The molecule has 1 fully saturated rings. The predicted octanol–water partition coefficient (Wildman–Crippen LogP) is -0.437. The first-order valence-electron chi connectivity index (χ1n) is 3.57. The number of hydrazine groups is 1. The molecule has 1 aliphatic rings. The Morgan fingerprint density at radius 2 is 2.50 bits per heavy atom. The molecule has 4 nitrogen and oxygen atoms in total. The lowest BCUT2D eigenvalue weighted by Crippen LogP contribution is -2.37. The number of aliphatic imine (C=N–C) groups is 1. The van der Waals surface area contributed by atoms with E-state index in [4.69, 9.17) is 11.6 Å². The van der Waals surface area contributed by atoms with Crippen LogP contribution in [0.5, 0.6) is 0 Å². The van der Waals surface area contributed by atoms with Gasteiger partial charge in [-0.3, -0.25) is 5.43 Å². The van der Waals surface area contributed by atoms with Crippen molar-refractivity contribution in [2.75, 3.05) is 0 Å². The second kappa shape index (κ2) is 2.88. The molecule has 0 amide bonds. The fourth-order valence-electron chi connectivity index (χ4n) is 1.04. The highest BCUT2D eigenvalue weighted by Crippen LogP contribution is 2.36. The Labute approximate surface area is 60.7 Å². The highest BCUT2D eigenvalue weighted by Gasteiger charge is 2.35. The van der Waals surface area contributed by atoms with E-state index in [1.165, 1.54) is 12.8 Å². The summed E-state index contributed by atoms with van der Waals surface area (Å²) in [5, 5.41) is 0. The Morgan fingerprint density at radius 3 is 2.90 bits per heavy atom. The summed E-state index contributed by atoms with van der Waals surface area (Å²) in [6.07, 6.45) is 2.35. The van der Waals surface area contributed by atoms with E-state index < -0.39 is 0 Å². The molecule has 2 atom stereocenters. The molecule has 4 heteroatoms. The standard InChI is InChI=1S/C6H14N4/c1-2-4-3-5(4)9-6(7)10-8/h4-5H,2-3,8H2,1H3,(H3,7,9,10). The number of rotatable bonds is 2. The fraction of sp³-hybridized carbons (Fsp3) is 0.833. The number of hydrogen-bond acceptors (Lipinski definition) is 2. The lowest BCUT2D eigenvalue weighted by atomic mass is 10.3. The third kappa shape index (κ3) is 1.60. The van der Waals surface area contributed by atoms with Crippen LogP contribution in [-0.4, -0.2) is 12.0 Å². The minimum Gasteiger partial charge on any atom is -0.369 e. The summed E-state index contributed by atoms with van der Waals surface area (Å²) in [5.74, 6) is 6.12. The van der Waals surface area contributed by atoms with Crippen LogP contribution in [0.2, 0.25) is 0 Å². The van der Waals surface area contributed by atoms with Crippen molar-refractivity contribution < 1.29 is 0 Å². The number of nitrogens with two attached hydrogens (primary N) is 2. The Hall–Kier alpha value is -0.770. The summed E-state index contributed by atoms with van der Waals surface area (Å²) in [4.78, 5) is 4.12. The number of nitrogens with one attached hydrogen (secondary N) is 1. The van der Waals surface area contributed by atoms with Crippen LogP contribution in [0.1, 0.15) is 19.8 Å². The van der Waals surface area contributed by atoms with Gasteiger partial charge < -0.3 is 5.73 Å².